The van der Waals surface area contributed by atoms with Crippen molar-refractivity contribution >= 4 is 11.8 Å². The summed E-state index contributed by atoms with van der Waals surface area (Å²) in [6, 6.07) is -1.04. The fourth-order valence-electron chi connectivity index (χ4n) is 4.24. The number of alkyl halides is 3. The molecule has 0 aromatic rings. The van der Waals surface area contributed by atoms with Gasteiger partial charge in [-0.1, -0.05) is 0 Å². The lowest BCUT2D eigenvalue weighted by molar-refractivity contribution is -0.158. The molecule has 5 nitrogen and oxygen atoms in total. The van der Waals surface area contributed by atoms with Crippen LogP contribution in [0, 0.1) is 17.8 Å². The molecular weight excluding hydrogens is 299 g/mol. The molecule has 0 aromatic heterocycles. The van der Waals surface area contributed by atoms with E-state index in [2.05, 4.69) is 5.32 Å². The van der Waals surface area contributed by atoms with Crippen LogP contribution in [-0.4, -0.2) is 48.1 Å². The van der Waals surface area contributed by atoms with Crippen LogP contribution < -0.4 is 11.1 Å². The predicted octanol–water partition coefficient (Wildman–Crippen LogP) is 0.639. The van der Waals surface area contributed by atoms with E-state index in [1.807, 2.05) is 0 Å². The molecule has 3 aliphatic rings. The van der Waals surface area contributed by atoms with Crippen molar-refractivity contribution in [2.45, 2.75) is 43.9 Å². The number of carbonyl (C=O) groups excluding carboxylic acids is 2. The monoisotopic (exact) mass is 319 g/mol. The van der Waals surface area contributed by atoms with Crippen molar-refractivity contribution in [2.75, 3.05) is 13.1 Å². The maximum Gasteiger partial charge on any atom is 0.406 e. The Kier molecular flexibility index (Phi) is 3.82. The van der Waals surface area contributed by atoms with E-state index in [0.29, 0.717) is 5.92 Å². The number of halogens is 3. The zero-order valence-electron chi connectivity index (χ0n) is 12.1. The summed E-state index contributed by atoms with van der Waals surface area (Å²) in [6.45, 7) is -1.24. The molecule has 2 aliphatic carbocycles. The van der Waals surface area contributed by atoms with Crippen LogP contribution in [0.4, 0.5) is 13.2 Å². The van der Waals surface area contributed by atoms with Crippen molar-refractivity contribution < 1.29 is 22.8 Å². The molecule has 0 spiro atoms. The van der Waals surface area contributed by atoms with Crippen LogP contribution in [0.15, 0.2) is 0 Å². The van der Waals surface area contributed by atoms with E-state index >= 15 is 0 Å². The molecule has 1 saturated heterocycles. The topological polar surface area (TPSA) is 75.4 Å². The molecule has 2 amide bonds. The van der Waals surface area contributed by atoms with Crippen molar-refractivity contribution in [3.63, 3.8) is 0 Å². The van der Waals surface area contributed by atoms with Gasteiger partial charge in [-0.25, -0.2) is 0 Å². The number of nitrogens with one attached hydrogen (secondary N) is 1. The first-order chi connectivity index (χ1) is 10.3. The normalized spacial score (nSPS) is 37.9. The Morgan fingerprint density at radius 1 is 1.27 bits per heavy atom. The van der Waals surface area contributed by atoms with Gasteiger partial charge >= 0.3 is 6.18 Å². The number of rotatable bonds is 3. The van der Waals surface area contributed by atoms with E-state index in [0.717, 1.165) is 24.2 Å². The number of amides is 2. The van der Waals surface area contributed by atoms with Gasteiger partial charge in [-0.05, 0) is 37.5 Å². The third-order valence-electron chi connectivity index (χ3n) is 5.27. The summed E-state index contributed by atoms with van der Waals surface area (Å²) in [4.78, 5) is 25.1. The first-order valence-electron chi connectivity index (χ1n) is 7.68. The Labute approximate surface area is 126 Å². The quantitative estimate of drug-likeness (QED) is 0.801. The molecule has 124 valence electrons. The van der Waals surface area contributed by atoms with Crippen molar-refractivity contribution in [3.8, 4) is 0 Å². The molecule has 0 aromatic carbocycles. The summed E-state index contributed by atoms with van der Waals surface area (Å²) in [5.41, 5.74) is 6.08. The summed E-state index contributed by atoms with van der Waals surface area (Å²) >= 11 is 0. The van der Waals surface area contributed by atoms with Gasteiger partial charge in [0.05, 0.1) is 5.92 Å². The van der Waals surface area contributed by atoms with Crippen LogP contribution in [0.25, 0.3) is 0 Å². The van der Waals surface area contributed by atoms with Crippen LogP contribution in [-0.2, 0) is 9.59 Å². The minimum Gasteiger partial charge on any atom is -0.344 e. The number of carbonyl (C=O) groups is 2. The summed E-state index contributed by atoms with van der Waals surface area (Å²) in [7, 11) is 0. The number of nitrogens with zero attached hydrogens (tertiary/aromatic N) is 1. The Bertz CT molecular complexity index is 480. The van der Waals surface area contributed by atoms with Gasteiger partial charge in [0, 0.05) is 12.6 Å². The van der Waals surface area contributed by atoms with E-state index in [1.54, 1.807) is 0 Å². The maximum absolute atomic E-state index is 12.4. The van der Waals surface area contributed by atoms with Gasteiger partial charge < -0.3 is 16.0 Å². The molecule has 2 saturated carbocycles. The summed E-state index contributed by atoms with van der Waals surface area (Å²) in [5, 5.41) is 2.62. The first kappa shape index (κ1) is 15.6. The van der Waals surface area contributed by atoms with Gasteiger partial charge in [-0.15, -0.1) is 0 Å². The van der Waals surface area contributed by atoms with Gasteiger partial charge in [0.15, 0.2) is 0 Å². The number of hydrogen-bond acceptors (Lipinski definition) is 3. The largest absolute Gasteiger partial charge is 0.406 e. The Hall–Kier alpha value is -1.31. The zero-order chi connectivity index (χ0) is 16.1. The Balaban J connectivity index is 1.58. The fraction of sp³-hybridized carbons (Fsp3) is 0.857. The third kappa shape index (κ3) is 2.80. The molecule has 3 rings (SSSR count). The van der Waals surface area contributed by atoms with Gasteiger partial charge in [-0.3, -0.25) is 9.59 Å². The van der Waals surface area contributed by atoms with Crippen LogP contribution in [0.1, 0.15) is 25.7 Å². The van der Waals surface area contributed by atoms with E-state index in [1.165, 1.54) is 0 Å². The highest BCUT2D eigenvalue weighted by Crippen LogP contribution is 2.47. The predicted molar refractivity (Wildman–Crippen MR) is 71.5 cm³/mol. The minimum atomic E-state index is -4.42. The third-order valence-corrected chi connectivity index (χ3v) is 5.27. The lowest BCUT2D eigenvalue weighted by Crippen LogP contribution is -2.50. The number of hydrogen-bond donors (Lipinski definition) is 2. The van der Waals surface area contributed by atoms with Crippen LogP contribution in [0.2, 0.25) is 0 Å². The SMILES string of the molecule is NC1C2CCC(C2)C1C(=O)NC1CCN(CC(F)(F)F)C1=O. The molecule has 0 radical (unpaired) electrons. The average molecular weight is 319 g/mol. The lowest BCUT2D eigenvalue weighted by Gasteiger charge is -2.28. The number of likely N-dealkylation sites (tertiary alicyclic amines) is 1. The Morgan fingerprint density at radius 3 is 2.55 bits per heavy atom. The van der Waals surface area contributed by atoms with E-state index < -0.39 is 24.7 Å². The molecule has 8 heteroatoms. The highest BCUT2D eigenvalue weighted by atomic mass is 19.4. The van der Waals surface area contributed by atoms with Gasteiger partial charge in [0.25, 0.3) is 0 Å². The molecular formula is C14H20F3N3O2. The molecule has 1 heterocycles. The molecule has 5 atom stereocenters. The lowest BCUT2D eigenvalue weighted by atomic mass is 9.84. The molecule has 2 bridgehead atoms. The summed E-state index contributed by atoms with van der Waals surface area (Å²) < 4.78 is 37.1. The highest BCUT2D eigenvalue weighted by molar-refractivity contribution is 5.90. The Morgan fingerprint density at radius 2 is 1.95 bits per heavy atom. The molecule has 3 fully saturated rings. The second-order valence-corrected chi connectivity index (χ2v) is 6.66. The van der Waals surface area contributed by atoms with Crippen molar-refractivity contribution in [3.05, 3.63) is 0 Å². The zero-order valence-corrected chi connectivity index (χ0v) is 12.1. The van der Waals surface area contributed by atoms with E-state index in [-0.39, 0.29) is 36.8 Å². The standard InChI is InChI=1S/C14H20F3N3O2/c15-14(16,17)6-20-4-3-9(13(20)22)19-12(21)10-7-1-2-8(5-7)11(10)18/h7-11H,1-6,18H2,(H,19,21). The minimum absolute atomic E-state index is 0.0199. The van der Waals surface area contributed by atoms with E-state index in [4.69, 9.17) is 5.73 Å². The van der Waals surface area contributed by atoms with Crippen LogP contribution in [0.3, 0.4) is 0 Å². The van der Waals surface area contributed by atoms with E-state index in [9.17, 15) is 22.8 Å². The molecule has 22 heavy (non-hydrogen) atoms. The fourth-order valence-corrected chi connectivity index (χ4v) is 4.24. The number of nitrogens with two attached hydrogens (primary N) is 1. The summed E-state index contributed by atoms with van der Waals surface area (Å²) in [6.07, 6.45) is -1.25. The van der Waals surface area contributed by atoms with Gasteiger partial charge in [0.1, 0.15) is 12.6 Å². The van der Waals surface area contributed by atoms with Gasteiger partial charge in [0.2, 0.25) is 11.8 Å². The first-order valence-corrected chi connectivity index (χ1v) is 7.68. The summed E-state index contributed by atoms with van der Waals surface area (Å²) in [5.74, 6) is -0.609. The van der Waals surface area contributed by atoms with Crippen molar-refractivity contribution in [2.24, 2.45) is 23.5 Å². The molecule has 3 N–H and O–H groups in total. The highest BCUT2D eigenvalue weighted by Gasteiger charge is 2.50. The number of fused-ring (bicyclic) bond motifs is 2. The molecule has 1 aliphatic heterocycles. The van der Waals surface area contributed by atoms with Crippen molar-refractivity contribution in [1.29, 1.82) is 0 Å². The van der Waals surface area contributed by atoms with Gasteiger partial charge in [-0.2, -0.15) is 13.2 Å². The average Bonchev–Trinajstić information content (AvgIpc) is 3.07. The maximum atomic E-state index is 12.4. The van der Waals surface area contributed by atoms with Crippen LogP contribution in [0.5, 0.6) is 0 Å². The second-order valence-electron chi connectivity index (χ2n) is 6.66. The molecule has 5 unspecified atom stereocenters. The van der Waals surface area contributed by atoms with Crippen molar-refractivity contribution in [1.82, 2.24) is 10.2 Å². The second kappa shape index (κ2) is 5.40. The smallest absolute Gasteiger partial charge is 0.344 e. The van der Waals surface area contributed by atoms with Crippen LogP contribution >= 0.6 is 0 Å².